The number of hydrogen-bond donors (Lipinski definition) is 2. The Balaban J connectivity index is 2.93. The molecule has 5 nitrogen and oxygen atoms in total. The quantitative estimate of drug-likeness (QED) is 0.696. The first-order valence-corrected chi connectivity index (χ1v) is 7.93. The van der Waals surface area contributed by atoms with Crippen LogP contribution in [0.15, 0.2) is 18.2 Å². The lowest BCUT2D eigenvalue weighted by molar-refractivity contribution is -0.136. The first-order chi connectivity index (χ1) is 10.5. The van der Waals surface area contributed by atoms with E-state index in [0.29, 0.717) is 19.2 Å². The zero-order valence-electron chi connectivity index (χ0n) is 14.1. The molecule has 0 fully saturated rings. The van der Waals surface area contributed by atoms with E-state index in [-0.39, 0.29) is 6.42 Å². The summed E-state index contributed by atoms with van der Waals surface area (Å²) < 4.78 is 5.76. The van der Waals surface area contributed by atoms with Gasteiger partial charge in [-0.05, 0) is 31.5 Å². The average Bonchev–Trinajstić information content (AvgIpc) is 2.47. The van der Waals surface area contributed by atoms with Crippen LogP contribution in [0.3, 0.4) is 0 Å². The maximum atomic E-state index is 10.8. The van der Waals surface area contributed by atoms with Crippen LogP contribution in [0.1, 0.15) is 39.7 Å². The summed E-state index contributed by atoms with van der Waals surface area (Å²) in [6.45, 7) is 10.8. The van der Waals surface area contributed by atoms with Crippen LogP contribution in [0, 0.1) is 0 Å². The van der Waals surface area contributed by atoms with Gasteiger partial charge in [-0.15, -0.1) is 0 Å². The van der Waals surface area contributed by atoms with Crippen LogP contribution in [0.5, 0.6) is 5.75 Å². The van der Waals surface area contributed by atoms with Crippen molar-refractivity contribution in [1.29, 1.82) is 0 Å². The maximum absolute atomic E-state index is 10.8. The molecule has 0 aliphatic carbocycles. The van der Waals surface area contributed by atoms with Crippen molar-refractivity contribution in [3.8, 4) is 5.75 Å². The van der Waals surface area contributed by atoms with Gasteiger partial charge >= 0.3 is 5.97 Å². The molecule has 0 heterocycles. The van der Waals surface area contributed by atoms with Gasteiger partial charge in [0.1, 0.15) is 5.75 Å². The van der Waals surface area contributed by atoms with Crippen molar-refractivity contribution >= 4 is 11.7 Å². The van der Waals surface area contributed by atoms with Gasteiger partial charge < -0.3 is 20.1 Å². The zero-order chi connectivity index (χ0) is 16.5. The Bertz CT molecular complexity index is 475. The van der Waals surface area contributed by atoms with Crippen LogP contribution < -0.4 is 15.0 Å². The number of hydrogen-bond acceptors (Lipinski definition) is 4. The fourth-order valence-corrected chi connectivity index (χ4v) is 2.20. The van der Waals surface area contributed by atoms with Gasteiger partial charge in [-0.3, -0.25) is 4.79 Å². The molecule has 2 N–H and O–H groups in total. The summed E-state index contributed by atoms with van der Waals surface area (Å²) in [6, 6.07) is 6.56. The first kappa shape index (κ1) is 18.3. The second-order valence-corrected chi connectivity index (χ2v) is 5.49. The molecule has 0 radical (unpaired) electrons. The van der Waals surface area contributed by atoms with E-state index in [4.69, 9.17) is 9.84 Å². The fourth-order valence-electron chi connectivity index (χ4n) is 2.20. The van der Waals surface area contributed by atoms with E-state index in [2.05, 4.69) is 25.2 Å². The molecule has 0 aliphatic rings. The normalized spacial score (nSPS) is 10.8. The number of ether oxygens (including phenoxy) is 1. The molecule has 0 spiro atoms. The molecule has 0 unspecified atom stereocenters. The molecule has 1 rings (SSSR count). The van der Waals surface area contributed by atoms with Crippen molar-refractivity contribution in [2.45, 2.75) is 46.7 Å². The Morgan fingerprint density at radius 2 is 2.09 bits per heavy atom. The number of rotatable bonds is 10. The number of carboxylic acid groups (broad SMARTS) is 1. The van der Waals surface area contributed by atoms with Crippen LogP contribution in [0.2, 0.25) is 0 Å². The summed E-state index contributed by atoms with van der Waals surface area (Å²) in [4.78, 5) is 12.8. The van der Waals surface area contributed by atoms with Gasteiger partial charge in [0.15, 0.2) is 0 Å². The Morgan fingerprint density at radius 3 is 2.64 bits per heavy atom. The van der Waals surface area contributed by atoms with Gasteiger partial charge in [-0.1, -0.05) is 19.9 Å². The van der Waals surface area contributed by atoms with Gasteiger partial charge in [0.25, 0.3) is 0 Å². The highest BCUT2D eigenvalue weighted by Gasteiger charge is 2.13. The molecule has 0 atom stereocenters. The monoisotopic (exact) mass is 308 g/mol. The Labute approximate surface area is 133 Å². The SMILES string of the molecule is CCOc1cc(CNC(C)C)ccc1N(CC)CCC(=O)O. The Hall–Kier alpha value is -1.75. The van der Waals surface area contributed by atoms with Crippen molar-refractivity contribution in [1.82, 2.24) is 5.32 Å². The molecule has 1 aromatic carbocycles. The number of benzene rings is 1. The highest BCUT2D eigenvalue weighted by atomic mass is 16.5. The third-order valence-electron chi connectivity index (χ3n) is 3.36. The molecule has 124 valence electrons. The standard InChI is InChI=1S/C17H28N2O3/c1-5-19(10-9-17(20)21)15-8-7-14(12-18-13(3)4)11-16(15)22-6-2/h7-8,11,13,18H,5-6,9-10,12H2,1-4H3,(H,20,21). The number of carboxylic acids is 1. The van der Waals surface area contributed by atoms with Crippen LogP contribution in [-0.4, -0.2) is 36.8 Å². The van der Waals surface area contributed by atoms with Gasteiger partial charge in [-0.2, -0.15) is 0 Å². The summed E-state index contributed by atoms with van der Waals surface area (Å²) >= 11 is 0. The summed E-state index contributed by atoms with van der Waals surface area (Å²) in [6.07, 6.45) is 0.121. The maximum Gasteiger partial charge on any atom is 0.305 e. The third kappa shape index (κ3) is 5.93. The Morgan fingerprint density at radius 1 is 1.36 bits per heavy atom. The lowest BCUT2D eigenvalue weighted by Gasteiger charge is -2.25. The number of anilines is 1. The van der Waals surface area contributed by atoms with Crippen molar-refractivity contribution in [2.75, 3.05) is 24.6 Å². The fraction of sp³-hybridized carbons (Fsp3) is 0.588. The molecule has 22 heavy (non-hydrogen) atoms. The summed E-state index contributed by atoms with van der Waals surface area (Å²) in [5, 5.41) is 12.3. The third-order valence-corrected chi connectivity index (χ3v) is 3.36. The molecule has 5 heteroatoms. The van der Waals surface area contributed by atoms with E-state index in [1.165, 1.54) is 0 Å². The molecule has 0 amide bonds. The van der Waals surface area contributed by atoms with Crippen molar-refractivity contribution in [3.63, 3.8) is 0 Å². The van der Waals surface area contributed by atoms with E-state index in [9.17, 15) is 4.79 Å². The van der Waals surface area contributed by atoms with Crippen molar-refractivity contribution in [2.24, 2.45) is 0 Å². The molecule has 0 saturated carbocycles. The summed E-state index contributed by atoms with van der Waals surface area (Å²) in [7, 11) is 0. The lowest BCUT2D eigenvalue weighted by Crippen LogP contribution is -2.26. The highest BCUT2D eigenvalue weighted by molar-refractivity contribution is 5.68. The van der Waals surface area contributed by atoms with Gasteiger partial charge in [-0.25, -0.2) is 0 Å². The van der Waals surface area contributed by atoms with Crippen molar-refractivity contribution < 1.29 is 14.6 Å². The van der Waals surface area contributed by atoms with Crippen LogP contribution in [0.4, 0.5) is 5.69 Å². The minimum Gasteiger partial charge on any atom is -0.492 e. The van der Waals surface area contributed by atoms with E-state index >= 15 is 0 Å². The number of aliphatic carboxylic acids is 1. The summed E-state index contributed by atoms with van der Waals surface area (Å²) in [5.74, 6) is 0.0342. The van der Waals surface area contributed by atoms with E-state index in [1.54, 1.807) is 0 Å². The lowest BCUT2D eigenvalue weighted by atomic mass is 10.1. The number of carbonyl (C=O) groups is 1. The molecule has 0 aliphatic heterocycles. The van der Waals surface area contributed by atoms with Gasteiger partial charge in [0.2, 0.25) is 0 Å². The van der Waals surface area contributed by atoms with Gasteiger partial charge in [0, 0.05) is 25.7 Å². The first-order valence-electron chi connectivity index (χ1n) is 7.93. The Kier molecular flexibility index (Phi) is 7.74. The second kappa shape index (κ2) is 9.30. The minimum atomic E-state index is -0.783. The number of nitrogens with one attached hydrogen (secondary N) is 1. The summed E-state index contributed by atoms with van der Waals surface area (Å²) in [5.41, 5.74) is 2.12. The van der Waals surface area contributed by atoms with Crippen LogP contribution in [-0.2, 0) is 11.3 Å². The van der Waals surface area contributed by atoms with Gasteiger partial charge in [0.05, 0.1) is 18.7 Å². The molecule has 1 aromatic rings. The molecule has 0 aromatic heterocycles. The number of nitrogens with zero attached hydrogens (tertiary/aromatic N) is 1. The van der Waals surface area contributed by atoms with E-state index < -0.39 is 5.97 Å². The predicted octanol–water partition coefficient (Wildman–Crippen LogP) is 2.88. The highest BCUT2D eigenvalue weighted by Crippen LogP contribution is 2.30. The molecule has 0 bridgehead atoms. The smallest absolute Gasteiger partial charge is 0.305 e. The van der Waals surface area contributed by atoms with Crippen molar-refractivity contribution in [3.05, 3.63) is 23.8 Å². The van der Waals surface area contributed by atoms with Crippen LogP contribution in [0.25, 0.3) is 0 Å². The average molecular weight is 308 g/mol. The zero-order valence-corrected chi connectivity index (χ0v) is 14.1. The molecular formula is C17H28N2O3. The second-order valence-electron chi connectivity index (χ2n) is 5.49. The topological polar surface area (TPSA) is 61.8 Å². The van der Waals surface area contributed by atoms with Crippen LogP contribution >= 0.6 is 0 Å². The predicted molar refractivity (Wildman–Crippen MR) is 89.7 cm³/mol. The largest absolute Gasteiger partial charge is 0.492 e. The van der Waals surface area contributed by atoms with E-state index in [0.717, 1.165) is 30.1 Å². The van der Waals surface area contributed by atoms with E-state index in [1.807, 2.05) is 30.9 Å². The molecule has 0 saturated heterocycles. The minimum absolute atomic E-state index is 0.121. The molecular weight excluding hydrogens is 280 g/mol.